The number of aliphatic carboxylic acids is 1. The van der Waals surface area contributed by atoms with Gasteiger partial charge in [-0.3, -0.25) is 14.5 Å². The van der Waals surface area contributed by atoms with Crippen LogP contribution >= 0.6 is 0 Å². The summed E-state index contributed by atoms with van der Waals surface area (Å²) >= 11 is 0. The largest absolute Gasteiger partial charge is 0.480 e. The lowest BCUT2D eigenvalue weighted by Gasteiger charge is -2.41. The number of nitrogens with zero attached hydrogens (tertiary/aromatic N) is 1. The molecule has 1 saturated carbocycles. The minimum atomic E-state index is -1.08. The van der Waals surface area contributed by atoms with Crippen LogP contribution in [0.3, 0.4) is 0 Å². The number of anilines is 2. The Labute approximate surface area is 123 Å². The Morgan fingerprint density at radius 2 is 2.05 bits per heavy atom. The van der Waals surface area contributed by atoms with Crippen LogP contribution in [0.4, 0.5) is 11.4 Å². The first kappa shape index (κ1) is 15.3. The number of methoxy groups -OCH3 is 1. The standard InChI is InChI=1S/C15H20N2O4/c1-21-15(7-4-8-15)9-13(18)17(10-14(19)20)12-6-3-2-5-11(12)16/h2-3,5-6H,4,7-10,16H2,1H3,(H,19,20). The highest BCUT2D eigenvalue weighted by Crippen LogP contribution is 2.39. The van der Waals surface area contributed by atoms with Gasteiger partial charge in [-0.25, -0.2) is 0 Å². The summed E-state index contributed by atoms with van der Waals surface area (Å²) in [4.78, 5) is 24.8. The molecule has 0 saturated heterocycles. The van der Waals surface area contributed by atoms with Crippen molar-refractivity contribution in [3.63, 3.8) is 0 Å². The Hall–Kier alpha value is -2.08. The fourth-order valence-corrected chi connectivity index (χ4v) is 2.57. The highest BCUT2D eigenvalue weighted by molar-refractivity contribution is 6.00. The fourth-order valence-electron chi connectivity index (χ4n) is 2.57. The predicted molar refractivity (Wildman–Crippen MR) is 79.1 cm³/mol. The van der Waals surface area contributed by atoms with Gasteiger partial charge in [-0.1, -0.05) is 12.1 Å². The van der Waals surface area contributed by atoms with Gasteiger partial charge in [-0.2, -0.15) is 0 Å². The number of carboxylic acids is 1. The van der Waals surface area contributed by atoms with Crippen molar-refractivity contribution >= 4 is 23.3 Å². The van der Waals surface area contributed by atoms with Crippen molar-refractivity contribution in [3.8, 4) is 0 Å². The third-order valence-electron chi connectivity index (χ3n) is 3.99. The summed E-state index contributed by atoms with van der Waals surface area (Å²) in [7, 11) is 1.59. The molecule has 114 valence electrons. The third-order valence-corrected chi connectivity index (χ3v) is 3.99. The molecule has 2 rings (SSSR count). The number of nitrogens with two attached hydrogens (primary N) is 1. The van der Waals surface area contributed by atoms with Crippen LogP contribution in [0.15, 0.2) is 24.3 Å². The van der Waals surface area contributed by atoms with Crippen LogP contribution in [0.2, 0.25) is 0 Å². The molecule has 0 unspecified atom stereocenters. The van der Waals surface area contributed by atoms with Crippen LogP contribution < -0.4 is 10.6 Å². The summed E-state index contributed by atoms with van der Waals surface area (Å²) in [5.74, 6) is -1.36. The smallest absolute Gasteiger partial charge is 0.323 e. The number of amides is 1. The summed E-state index contributed by atoms with van der Waals surface area (Å²) in [5.41, 5.74) is 6.22. The molecule has 6 heteroatoms. The van der Waals surface area contributed by atoms with E-state index in [-0.39, 0.29) is 12.3 Å². The molecule has 6 nitrogen and oxygen atoms in total. The van der Waals surface area contributed by atoms with Gasteiger partial charge in [0.05, 0.1) is 23.4 Å². The van der Waals surface area contributed by atoms with Crippen molar-refractivity contribution in [1.29, 1.82) is 0 Å². The van der Waals surface area contributed by atoms with E-state index in [4.69, 9.17) is 15.6 Å². The van der Waals surface area contributed by atoms with E-state index >= 15 is 0 Å². The SMILES string of the molecule is COC1(CC(=O)N(CC(=O)O)c2ccccc2N)CCC1. The van der Waals surface area contributed by atoms with Gasteiger partial charge in [0.25, 0.3) is 0 Å². The molecule has 1 aromatic carbocycles. The second-order valence-corrected chi connectivity index (χ2v) is 5.35. The van der Waals surface area contributed by atoms with Crippen molar-refractivity contribution in [2.45, 2.75) is 31.3 Å². The normalized spacial score (nSPS) is 16.0. The number of para-hydroxylation sites is 2. The van der Waals surface area contributed by atoms with E-state index in [0.717, 1.165) is 19.3 Å². The predicted octanol–water partition coefficient (Wildman–Crippen LogP) is 1.65. The minimum Gasteiger partial charge on any atom is -0.480 e. The van der Waals surface area contributed by atoms with E-state index in [1.165, 1.54) is 4.90 Å². The van der Waals surface area contributed by atoms with Gasteiger partial charge in [0.1, 0.15) is 6.54 Å². The van der Waals surface area contributed by atoms with Crippen LogP contribution in [-0.2, 0) is 14.3 Å². The van der Waals surface area contributed by atoms with E-state index in [2.05, 4.69) is 0 Å². The van der Waals surface area contributed by atoms with Gasteiger partial charge >= 0.3 is 5.97 Å². The summed E-state index contributed by atoms with van der Waals surface area (Å²) in [6.45, 7) is -0.410. The van der Waals surface area contributed by atoms with Gasteiger partial charge in [0.15, 0.2) is 0 Å². The summed E-state index contributed by atoms with van der Waals surface area (Å²) in [5, 5.41) is 9.05. The number of hydrogen-bond acceptors (Lipinski definition) is 4. The van der Waals surface area contributed by atoms with Crippen LogP contribution in [-0.4, -0.2) is 36.2 Å². The zero-order valence-corrected chi connectivity index (χ0v) is 12.0. The molecule has 1 fully saturated rings. The Bertz CT molecular complexity index is 535. The molecule has 0 atom stereocenters. The van der Waals surface area contributed by atoms with Crippen molar-refractivity contribution in [1.82, 2.24) is 0 Å². The lowest BCUT2D eigenvalue weighted by Crippen LogP contribution is -2.46. The van der Waals surface area contributed by atoms with Crippen LogP contribution in [0.5, 0.6) is 0 Å². The Morgan fingerprint density at radius 1 is 1.38 bits per heavy atom. The second kappa shape index (κ2) is 6.13. The van der Waals surface area contributed by atoms with Crippen LogP contribution in [0.25, 0.3) is 0 Å². The van der Waals surface area contributed by atoms with Crippen molar-refractivity contribution in [2.75, 3.05) is 24.3 Å². The molecular weight excluding hydrogens is 272 g/mol. The summed E-state index contributed by atoms with van der Waals surface area (Å²) in [6, 6.07) is 6.76. The molecular formula is C15H20N2O4. The molecule has 3 N–H and O–H groups in total. The number of carboxylic acid groups (broad SMARTS) is 1. The number of hydrogen-bond donors (Lipinski definition) is 2. The van der Waals surface area contributed by atoms with Gasteiger partial charge in [0.2, 0.25) is 5.91 Å². The summed E-state index contributed by atoms with van der Waals surface area (Å²) < 4.78 is 5.44. The first-order valence-corrected chi connectivity index (χ1v) is 6.89. The average Bonchev–Trinajstić information content (AvgIpc) is 2.40. The average molecular weight is 292 g/mol. The van der Waals surface area contributed by atoms with Gasteiger partial charge < -0.3 is 15.6 Å². The highest BCUT2D eigenvalue weighted by atomic mass is 16.5. The lowest BCUT2D eigenvalue weighted by molar-refractivity contribution is -0.139. The van der Waals surface area contributed by atoms with Crippen LogP contribution in [0.1, 0.15) is 25.7 Å². The maximum absolute atomic E-state index is 12.5. The van der Waals surface area contributed by atoms with Gasteiger partial charge in [-0.15, -0.1) is 0 Å². The van der Waals surface area contributed by atoms with E-state index in [9.17, 15) is 9.59 Å². The van der Waals surface area contributed by atoms with Gasteiger partial charge in [-0.05, 0) is 31.4 Å². The number of ether oxygens (including phenoxy) is 1. The topological polar surface area (TPSA) is 92.9 Å². The molecule has 21 heavy (non-hydrogen) atoms. The quantitative estimate of drug-likeness (QED) is 0.778. The molecule has 1 aromatic rings. The van der Waals surface area contributed by atoms with E-state index in [0.29, 0.717) is 11.4 Å². The lowest BCUT2D eigenvalue weighted by atomic mass is 9.77. The molecule has 0 radical (unpaired) electrons. The number of nitrogen functional groups attached to an aromatic ring is 1. The van der Waals surface area contributed by atoms with Crippen LogP contribution in [0, 0.1) is 0 Å². The molecule has 0 spiro atoms. The van der Waals surface area contributed by atoms with Crippen molar-refractivity contribution in [2.24, 2.45) is 0 Å². The first-order valence-electron chi connectivity index (χ1n) is 6.89. The first-order chi connectivity index (χ1) is 9.97. The molecule has 0 bridgehead atoms. The third kappa shape index (κ3) is 3.33. The number of carbonyl (C=O) groups excluding carboxylic acids is 1. The number of rotatable bonds is 6. The van der Waals surface area contributed by atoms with E-state index < -0.39 is 18.1 Å². The summed E-state index contributed by atoms with van der Waals surface area (Å²) in [6.07, 6.45) is 2.83. The van der Waals surface area contributed by atoms with Crippen molar-refractivity contribution in [3.05, 3.63) is 24.3 Å². The Kier molecular flexibility index (Phi) is 4.47. The van der Waals surface area contributed by atoms with Crippen molar-refractivity contribution < 1.29 is 19.4 Å². The molecule has 1 amide bonds. The molecule has 0 heterocycles. The Morgan fingerprint density at radius 3 is 2.52 bits per heavy atom. The molecule has 1 aliphatic rings. The van der Waals surface area contributed by atoms with Gasteiger partial charge in [0, 0.05) is 7.11 Å². The molecule has 0 aliphatic heterocycles. The maximum Gasteiger partial charge on any atom is 0.323 e. The second-order valence-electron chi connectivity index (χ2n) is 5.35. The van der Waals surface area contributed by atoms with E-state index in [1.807, 2.05) is 0 Å². The van der Waals surface area contributed by atoms with E-state index in [1.54, 1.807) is 31.4 Å². The zero-order chi connectivity index (χ0) is 15.5. The zero-order valence-electron chi connectivity index (χ0n) is 12.0. The monoisotopic (exact) mass is 292 g/mol. The minimum absolute atomic E-state index is 0.172. The molecule has 1 aliphatic carbocycles. The fraction of sp³-hybridized carbons (Fsp3) is 0.467. The molecule has 0 aromatic heterocycles. The maximum atomic E-state index is 12.5. The Balaban J connectivity index is 2.22. The number of benzene rings is 1. The number of carbonyl (C=O) groups is 2. The highest BCUT2D eigenvalue weighted by Gasteiger charge is 2.40.